The van der Waals surface area contributed by atoms with Gasteiger partial charge in [0.25, 0.3) is 11.1 Å². The number of unbranched alkanes of at least 4 members (excludes halogenated alkanes) is 1. The summed E-state index contributed by atoms with van der Waals surface area (Å²) in [6.07, 6.45) is -7.96. The molecule has 454 valence electrons. The van der Waals surface area contributed by atoms with Crippen molar-refractivity contribution in [1.29, 1.82) is 0 Å². The number of phosphoric ester groups is 2. The van der Waals surface area contributed by atoms with E-state index in [1.165, 1.54) is 50.6 Å². The van der Waals surface area contributed by atoms with E-state index in [1.54, 1.807) is 0 Å². The van der Waals surface area contributed by atoms with Crippen LogP contribution in [0.5, 0.6) is 0 Å². The summed E-state index contributed by atoms with van der Waals surface area (Å²) in [5.74, 6) is 1.21. The molecule has 7 heterocycles. The van der Waals surface area contributed by atoms with E-state index in [0.29, 0.717) is 34.3 Å². The van der Waals surface area contributed by atoms with Gasteiger partial charge in [-0.15, -0.1) is 0 Å². The summed E-state index contributed by atoms with van der Waals surface area (Å²) in [4.78, 5) is 125. The third-order valence-electron chi connectivity index (χ3n) is 12.4. The van der Waals surface area contributed by atoms with E-state index in [1.807, 2.05) is 16.7 Å². The highest BCUT2D eigenvalue weighted by Crippen LogP contribution is 2.71. The Morgan fingerprint density at radius 3 is 2.09 bits per heavy atom. The van der Waals surface area contributed by atoms with Crippen LogP contribution in [0, 0.1) is 0 Å². The SMILES string of the molecule is CN1CN([C@@H]2O[C@H](COP(=O)(O)OP(=O)(O)OP(=O)(O)OP(=O)(O)OC[C@H]3O[C@@H](n4cc(/C=C/CNC(=O)CCSSCCNC(=O)CCCC[C@@H]5SC[C@@H]6NC(=O)N[C@@H]65)c(=O)[nH]c4=O)C(O)[C@H]3O)C(O)C2O)c2nc(N)[nH]c(=O)c21. The largest absolute Gasteiger partial charge is 0.490 e. The first-order valence-electron chi connectivity index (χ1n) is 24.2. The predicted octanol–water partition coefficient (Wildman–Crippen LogP) is -2.59. The zero-order valence-electron chi connectivity index (χ0n) is 42.2. The number of carbonyl (C=O) groups is 3. The summed E-state index contributed by atoms with van der Waals surface area (Å²) in [5.41, 5.74) is 2.72. The van der Waals surface area contributed by atoms with Gasteiger partial charge >= 0.3 is 43.0 Å². The maximum Gasteiger partial charge on any atom is 0.490 e. The van der Waals surface area contributed by atoms with Gasteiger partial charge in [-0.1, -0.05) is 40.2 Å². The Hall–Kier alpha value is -3.72. The van der Waals surface area contributed by atoms with Crippen LogP contribution in [0.25, 0.3) is 6.08 Å². The minimum absolute atomic E-state index is 0.0164. The van der Waals surface area contributed by atoms with Crippen molar-refractivity contribution in [3.63, 3.8) is 0 Å². The number of anilines is 3. The fourth-order valence-corrected chi connectivity index (χ4v) is 17.1. The van der Waals surface area contributed by atoms with Crippen molar-refractivity contribution >= 4 is 106 Å². The molecule has 7 rings (SSSR count). The molecule has 0 saturated carbocycles. The monoisotopic (exact) mass is 1290 g/mol. The van der Waals surface area contributed by atoms with E-state index in [2.05, 4.69) is 53.2 Å². The number of aromatic nitrogens is 4. The van der Waals surface area contributed by atoms with Crippen LogP contribution in [0.1, 0.15) is 43.9 Å². The number of hydrogen-bond acceptors (Lipinski definition) is 28. The molecule has 16 N–H and O–H groups in total. The minimum atomic E-state index is -6.33. The first kappa shape index (κ1) is 64.8. The molecule has 0 radical (unpaired) electrons. The third-order valence-corrected chi connectivity index (χ3v) is 22.2. The maximum atomic E-state index is 12.8. The highest BCUT2D eigenvalue weighted by Gasteiger charge is 2.52. The van der Waals surface area contributed by atoms with E-state index in [0.717, 1.165) is 31.2 Å². The molecule has 0 aromatic carbocycles. The number of aromatic amines is 2. The summed E-state index contributed by atoms with van der Waals surface area (Å²) in [6, 6.07) is 0.169. The lowest BCUT2D eigenvalue weighted by Gasteiger charge is -2.27. The number of carbonyl (C=O) groups excluding carboxylic acids is 3. The second-order valence-corrected chi connectivity index (χ2v) is 28.5. The Labute approximate surface area is 469 Å². The van der Waals surface area contributed by atoms with Crippen LogP contribution in [0.3, 0.4) is 0 Å². The summed E-state index contributed by atoms with van der Waals surface area (Å²) >= 11 is 1.83. The second-order valence-electron chi connectivity index (χ2n) is 18.3. The molecule has 4 fully saturated rings. The second kappa shape index (κ2) is 27.5. The minimum Gasteiger partial charge on any atom is -0.387 e. The van der Waals surface area contributed by atoms with E-state index >= 15 is 0 Å². The Balaban J connectivity index is 0.787. The topological polar surface area (TPSA) is 527 Å². The smallest absolute Gasteiger partial charge is 0.387 e. The van der Waals surface area contributed by atoms with E-state index in [4.69, 9.17) is 15.2 Å². The first-order chi connectivity index (χ1) is 38.0. The Morgan fingerprint density at radius 2 is 1.42 bits per heavy atom. The molecule has 43 heteroatoms. The van der Waals surface area contributed by atoms with E-state index in [-0.39, 0.29) is 72.6 Å². The average Bonchev–Trinajstić information content (AvgIpc) is 4.20. The number of hydrogen-bond donors (Lipinski definition) is 15. The number of urea groups is 1. The fourth-order valence-electron chi connectivity index (χ4n) is 8.71. The van der Waals surface area contributed by atoms with Crippen molar-refractivity contribution in [3.05, 3.63) is 49.0 Å². The fraction of sp³-hybridized carbons (Fsp3) is 0.658. The predicted molar refractivity (Wildman–Crippen MR) is 286 cm³/mol. The van der Waals surface area contributed by atoms with Crippen LogP contribution in [0.4, 0.5) is 22.2 Å². The standard InChI is InChI=1S/C38H59N11O25P4S3/c1-47-17-49(31-26(47)33(57)45-36(39)44-31)35-30(55)28(53)21(71-35)15-69-76(62,63)73-78(66,67)74-77(64,65)72-75(60,61)68-14-20-27(52)29(54)34(70-20)48-13-18(32(56)46-38(48)59)5-4-9-40-24(51)8-11-80-81-12-10-41-23(50)7-3-2-6-22-25-19(16-79-22)42-37(58)43-25/h4-5,13,19-22,25,27-30,34-35,52-55H,2-3,6-12,14-17H2,1H3,(H,40,51)(H,41,50)(H,60,61)(H,62,63)(H,64,65)(H,66,67)(H2,42,43,58)(H,46,56,59)(H3,39,44,45,57)/b5-4+/t19-,20+,21+,22-,25-,27-,28?,29?,30?,34+,35+/m0/s1. The molecule has 0 bridgehead atoms. The number of H-pyrrole nitrogens is 2. The van der Waals surface area contributed by atoms with Gasteiger partial charge in [-0.05, 0) is 12.8 Å². The van der Waals surface area contributed by atoms with Crippen LogP contribution >= 0.6 is 64.6 Å². The molecule has 5 aliphatic heterocycles. The van der Waals surface area contributed by atoms with Gasteiger partial charge in [0.05, 0.1) is 37.5 Å². The molecule has 4 saturated heterocycles. The lowest BCUT2D eigenvalue weighted by atomic mass is 10.0. The van der Waals surface area contributed by atoms with Gasteiger partial charge in [-0.25, -0.2) is 27.8 Å². The van der Waals surface area contributed by atoms with Crippen LogP contribution in [0.2, 0.25) is 0 Å². The van der Waals surface area contributed by atoms with Crippen molar-refractivity contribution in [2.24, 2.45) is 0 Å². The molecule has 0 aliphatic carbocycles. The lowest BCUT2D eigenvalue weighted by molar-refractivity contribution is -0.121. The molecule has 2 aromatic rings. The number of phosphoric acid groups is 4. The average molecular weight is 1290 g/mol. The zero-order valence-corrected chi connectivity index (χ0v) is 48.2. The van der Waals surface area contributed by atoms with Gasteiger partial charge in [-0.3, -0.25) is 42.8 Å². The van der Waals surface area contributed by atoms with E-state index in [9.17, 15) is 87.0 Å². The third kappa shape index (κ3) is 17.5. The Kier molecular flexibility index (Phi) is 22.0. The van der Waals surface area contributed by atoms with E-state index < -0.39 is 110 Å². The van der Waals surface area contributed by atoms with Crippen LogP contribution in [-0.4, -0.2) is 195 Å². The Morgan fingerprint density at radius 1 is 0.815 bits per heavy atom. The van der Waals surface area contributed by atoms with Gasteiger partial charge in [0.15, 0.2) is 18.3 Å². The molecular formula is C38H59N11O25P4S3. The van der Waals surface area contributed by atoms with Crippen molar-refractivity contribution < 1.29 is 104 Å². The van der Waals surface area contributed by atoms with Gasteiger partial charge in [0.1, 0.15) is 42.3 Å². The number of nitrogen functional groups attached to an aromatic ring is 1. The normalized spacial score (nSPS) is 29.1. The van der Waals surface area contributed by atoms with Crippen molar-refractivity contribution in [1.82, 2.24) is 40.8 Å². The van der Waals surface area contributed by atoms with Crippen LogP contribution in [0.15, 0.2) is 26.7 Å². The lowest BCUT2D eigenvalue weighted by Crippen LogP contribution is -2.45. The number of fused-ring (bicyclic) bond motifs is 2. The first-order valence-corrected chi connectivity index (χ1v) is 33.7. The number of ether oxygens (including phenoxy) is 2. The summed E-state index contributed by atoms with van der Waals surface area (Å²) in [5, 5.41) is 54.4. The summed E-state index contributed by atoms with van der Waals surface area (Å²) in [7, 11) is -20.1. The number of amides is 4. The molecular weight excluding hydrogens is 1230 g/mol. The zero-order chi connectivity index (χ0) is 59.2. The number of aliphatic hydroxyl groups is 4. The van der Waals surface area contributed by atoms with Crippen LogP contribution < -0.4 is 53.6 Å². The number of nitrogens with zero attached hydrogens (tertiary/aromatic N) is 4. The molecule has 36 nitrogen and oxygen atoms in total. The number of thioether (sulfide) groups is 1. The van der Waals surface area contributed by atoms with Crippen molar-refractivity contribution in [2.45, 2.75) is 98.5 Å². The van der Waals surface area contributed by atoms with Crippen molar-refractivity contribution in [2.75, 3.05) is 72.8 Å². The molecule has 0 spiro atoms. The molecule has 2 aromatic heterocycles. The molecule has 15 atom stereocenters. The molecule has 4 amide bonds. The summed E-state index contributed by atoms with van der Waals surface area (Å²) in [6.45, 7) is -2.20. The van der Waals surface area contributed by atoms with Crippen molar-refractivity contribution in [3.8, 4) is 0 Å². The molecule has 81 heavy (non-hydrogen) atoms. The highest BCUT2D eigenvalue weighted by atomic mass is 33.1. The quantitative estimate of drug-likeness (QED) is 0.0172. The maximum absolute atomic E-state index is 12.8. The number of aliphatic hydroxyl groups excluding tert-OH is 4. The summed E-state index contributed by atoms with van der Waals surface area (Å²) < 4.78 is 82.8. The molecule has 7 unspecified atom stereocenters. The van der Waals surface area contributed by atoms with Gasteiger partial charge < -0.3 is 86.3 Å². The Bertz CT molecular complexity index is 3040. The van der Waals surface area contributed by atoms with Gasteiger partial charge in [-0.2, -0.15) is 29.7 Å². The number of nitrogens with two attached hydrogens (primary N) is 1. The number of rotatable bonds is 29. The number of nitrogens with one attached hydrogen (secondary N) is 6. The van der Waals surface area contributed by atoms with Crippen LogP contribution in [-0.2, 0) is 59.3 Å². The van der Waals surface area contributed by atoms with Gasteiger partial charge in [0.2, 0.25) is 17.8 Å². The highest BCUT2D eigenvalue weighted by molar-refractivity contribution is 8.76. The van der Waals surface area contributed by atoms with Gasteiger partial charge in [0, 0.05) is 61.7 Å². The molecule has 5 aliphatic rings.